The predicted octanol–water partition coefficient (Wildman–Crippen LogP) is 5.75. The third kappa shape index (κ3) is 4.97. The van der Waals surface area contributed by atoms with Crippen molar-refractivity contribution in [2.24, 2.45) is 0 Å². The van der Waals surface area contributed by atoms with Crippen LogP contribution in [0, 0.1) is 11.3 Å². The average Bonchev–Trinajstić information content (AvgIpc) is 3.36. The number of para-hydroxylation sites is 1. The SMILES string of the molecule is COc1ccc(C(=O)c2cc3c(C/C(C#N)=C/Nc4ccccc4)cc(OC)c(OC)c3o2)cc1. The minimum atomic E-state index is -0.280. The van der Waals surface area contributed by atoms with E-state index in [0.717, 1.165) is 11.3 Å². The van der Waals surface area contributed by atoms with E-state index in [1.807, 2.05) is 30.3 Å². The molecule has 1 N–H and O–H groups in total. The first-order valence-electron chi connectivity index (χ1n) is 10.8. The standard InChI is InChI=1S/C28H24N2O5/c1-32-22-11-9-19(10-12-22)26(31)24-15-23-20(14-25(33-2)28(34-3)27(23)35-24)13-18(16-29)17-30-21-7-5-4-6-8-21/h4-12,14-15,17,30H,13H2,1-3H3/b18-17-. The van der Waals surface area contributed by atoms with E-state index in [9.17, 15) is 10.1 Å². The van der Waals surface area contributed by atoms with Crippen LogP contribution in [-0.2, 0) is 6.42 Å². The number of methoxy groups -OCH3 is 3. The summed E-state index contributed by atoms with van der Waals surface area (Å²) in [7, 11) is 4.60. The molecule has 0 fully saturated rings. The summed E-state index contributed by atoms with van der Waals surface area (Å²) in [5, 5.41) is 13.6. The second kappa shape index (κ2) is 10.5. The Morgan fingerprint density at radius 2 is 1.74 bits per heavy atom. The molecule has 176 valence electrons. The molecule has 0 aliphatic rings. The maximum atomic E-state index is 13.1. The van der Waals surface area contributed by atoms with Crippen LogP contribution in [-0.4, -0.2) is 27.1 Å². The van der Waals surface area contributed by atoms with Crippen LogP contribution in [0.3, 0.4) is 0 Å². The van der Waals surface area contributed by atoms with E-state index in [1.54, 1.807) is 49.7 Å². The second-order valence-electron chi connectivity index (χ2n) is 7.65. The molecule has 4 aromatic rings. The predicted molar refractivity (Wildman–Crippen MR) is 133 cm³/mol. The van der Waals surface area contributed by atoms with Gasteiger partial charge in [0.1, 0.15) is 5.75 Å². The molecule has 0 bridgehead atoms. The summed E-state index contributed by atoms with van der Waals surface area (Å²) >= 11 is 0. The zero-order valence-corrected chi connectivity index (χ0v) is 19.6. The van der Waals surface area contributed by atoms with Crippen molar-refractivity contribution in [1.29, 1.82) is 5.26 Å². The van der Waals surface area contributed by atoms with Crippen molar-refractivity contribution < 1.29 is 23.4 Å². The first kappa shape index (κ1) is 23.5. The van der Waals surface area contributed by atoms with E-state index in [2.05, 4.69) is 11.4 Å². The van der Waals surface area contributed by atoms with Gasteiger partial charge in [-0.25, -0.2) is 0 Å². The quantitative estimate of drug-likeness (QED) is 0.247. The van der Waals surface area contributed by atoms with Gasteiger partial charge in [0.05, 0.1) is 27.4 Å². The number of ketones is 1. The second-order valence-corrected chi connectivity index (χ2v) is 7.65. The highest BCUT2D eigenvalue weighted by molar-refractivity contribution is 6.09. The van der Waals surface area contributed by atoms with Gasteiger partial charge in [-0.3, -0.25) is 4.79 Å². The molecule has 0 aliphatic heterocycles. The number of hydrogen-bond donors (Lipinski definition) is 1. The maximum absolute atomic E-state index is 13.1. The molecule has 1 aromatic heterocycles. The minimum Gasteiger partial charge on any atom is -0.497 e. The van der Waals surface area contributed by atoms with Gasteiger partial charge in [-0.2, -0.15) is 5.26 Å². The zero-order valence-electron chi connectivity index (χ0n) is 19.6. The van der Waals surface area contributed by atoms with Gasteiger partial charge in [0.2, 0.25) is 11.5 Å². The van der Waals surface area contributed by atoms with Crippen LogP contribution in [0.5, 0.6) is 17.2 Å². The Kier molecular flexibility index (Phi) is 7.03. The Balaban J connectivity index is 1.74. The summed E-state index contributed by atoms with van der Waals surface area (Å²) in [4.78, 5) is 13.1. The summed E-state index contributed by atoms with van der Waals surface area (Å²) < 4.78 is 22.2. The molecule has 4 rings (SSSR count). The number of fused-ring (bicyclic) bond motifs is 1. The Bertz CT molecular complexity index is 1410. The third-order valence-corrected chi connectivity index (χ3v) is 5.52. The van der Waals surface area contributed by atoms with Crippen LogP contribution in [0.4, 0.5) is 5.69 Å². The third-order valence-electron chi connectivity index (χ3n) is 5.52. The molecule has 0 spiro atoms. The number of furan rings is 1. The van der Waals surface area contributed by atoms with Crippen LogP contribution in [0.1, 0.15) is 21.7 Å². The molecule has 0 amide bonds. The van der Waals surface area contributed by atoms with E-state index >= 15 is 0 Å². The fourth-order valence-corrected chi connectivity index (χ4v) is 3.73. The van der Waals surface area contributed by atoms with E-state index in [-0.39, 0.29) is 11.5 Å². The van der Waals surface area contributed by atoms with Crippen molar-refractivity contribution in [3.63, 3.8) is 0 Å². The molecular formula is C28H24N2O5. The van der Waals surface area contributed by atoms with Gasteiger partial charge in [0.25, 0.3) is 0 Å². The molecule has 0 saturated heterocycles. The van der Waals surface area contributed by atoms with Gasteiger partial charge in [0, 0.05) is 34.8 Å². The average molecular weight is 469 g/mol. The van der Waals surface area contributed by atoms with Crippen molar-refractivity contribution in [1.82, 2.24) is 0 Å². The van der Waals surface area contributed by atoms with Crippen molar-refractivity contribution in [3.05, 3.63) is 95.4 Å². The Morgan fingerprint density at radius 3 is 2.37 bits per heavy atom. The zero-order chi connectivity index (χ0) is 24.8. The number of rotatable bonds is 9. The number of nitriles is 1. The lowest BCUT2D eigenvalue weighted by atomic mass is 10.0. The van der Waals surface area contributed by atoms with E-state index in [4.69, 9.17) is 18.6 Å². The summed E-state index contributed by atoms with van der Waals surface area (Å²) in [5.41, 5.74) is 2.96. The van der Waals surface area contributed by atoms with Crippen molar-refractivity contribution in [2.45, 2.75) is 6.42 Å². The largest absolute Gasteiger partial charge is 0.497 e. The Hall–Kier alpha value is -4.70. The van der Waals surface area contributed by atoms with Crippen LogP contribution in [0.25, 0.3) is 11.0 Å². The van der Waals surface area contributed by atoms with Gasteiger partial charge >= 0.3 is 0 Å². The Morgan fingerprint density at radius 1 is 1.00 bits per heavy atom. The number of nitrogens with one attached hydrogen (secondary N) is 1. The van der Waals surface area contributed by atoms with E-state index < -0.39 is 0 Å². The summed E-state index contributed by atoms with van der Waals surface area (Å²) in [5.74, 6) is 1.35. The van der Waals surface area contributed by atoms with Crippen molar-refractivity contribution in [2.75, 3.05) is 26.6 Å². The highest BCUT2D eigenvalue weighted by atomic mass is 16.5. The Labute approximate surface area is 203 Å². The monoisotopic (exact) mass is 468 g/mol. The smallest absolute Gasteiger partial charge is 0.228 e. The van der Waals surface area contributed by atoms with Gasteiger partial charge in [-0.15, -0.1) is 0 Å². The molecule has 0 radical (unpaired) electrons. The molecule has 0 unspecified atom stereocenters. The fourth-order valence-electron chi connectivity index (χ4n) is 3.73. The number of anilines is 1. The molecule has 1 heterocycles. The first-order valence-corrected chi connectivity index (χ1v) is 10.8. The molecular weight excluding hydrogens is 444 g/mol. The van der Waals surface area contributed by atoms with Gasteiger partial charge in [0.15, 0.2) is 17.1 Å². The minimum absolute atomic E-state index is 0.155. The topological polar surface area (TPSA) is 93.7 Å². The molecule has 7 heteroatoms. The van der Waals surface area contributed by atoms with Crippen LogP contribution in [0.15, 0.2) is 82.9 Å². The van der Waals surface area contributed by atoms with Crippen LogP contribution >= 0.6 is 0 Å². The fraction of sp³-hybridized carbons (Fsp3) is 0.143. The molecule has 0 aliphatic carbocycles. The maximum Gasteiger partial charge on any atom is 0.228 e. The normalized spacial score (nSPS) is 11.1. The van der Waals surface area contributed by atoms with E-state index in [0.29, 0.717) is 45.8 Å². The van der Waals surface area contributed by atoms with Crippen molar-refractivity contribution >= 4 is 22.4 Å². The lowest BCUT2D eigenvalue weighted by molar-refractivity contribution is 0.101. The molecule has 35 heavy (non-hydrogen) atoms. The lowest BCUT2D eigenvalue weighted by Crippen LogP contribution is -1.99. The summed E-state index contributed by atoms with van der Waals surface area (Å²) in [6, 6.07) is 22.1. The molecule has 7 nitrogen and oxygen atoms in total. The number of carbonyl (C=O) groups excluding carboxylic acids is 1. The lowest BCUT2D eigenvalue weighted by Gasteiger charge is -2.11. The molecule has 3 aromatic carbocycles. The van der Waals surface area contributed by atoms with Crippen LogP contribution in [0.2, 0.25) is 0 Å². The van der Waals surface area contributed by atoms with Gasteiger partial charge in [-0.05, 0) is 54.1 Å². The molecule has 0 atom stereocenters. The number of carbonyl (C=O) groups is 1. The highest BCUT2D eigenvalue weighted by Gasteiger charge is 2.22. The van der Waals surface area contributed by atoms with Crippen molar-refractivity contribution in [3.8, 4) is 23.3 Å². The number of allylic oxidation sites excluding steroid dienone is 1. The summed E-state index contributed by atoms with van der Waals surface area (Å²) in [6.07, 6.45) is 1.96. The van der Waals surface area contributed by atoms with Crippen LogP contribution < -0.4 is 19.5 Å². The van der Waals surface area contributed by atoms with Gasteiger partial charge < -0.3 is 23.9 Å². The summed E-state index contributed by atoms with van der Waals surface area (Å²) in [6.45, 7) is 0. The highest BCUT2D eigenvalue weighted by Crippen LogP contribution is 2.40. The van der Waals surface area contributed by atoms with E-state index in [1.165, 1.54) is 14.2 Å². The first-order chi connectivity index (χ1) is 17.1. The number of nitrogens with zero attached hydrogens (tertiary/aromatic N) is 1. The number of hydrogen-bond acceptors (Lipinski definition) is 7. The number of ether oxygens (including phenoxy) is 3. The number of benzene rings is 3. The van der Waals surface area contributed by atoms with Gasteiger partial charge in [-0.1, -0.05) is 18.2 Å². The molecule has 0 saturated carbocycles.